The van der Waals surface area contributed by atoms with Crippen LogP contribution in [0, 0.1) is 6.92 Å². The van der Waals surface area contributed by atoms with Gasteiger partial charge in [0.05, 0.1) is 11.6 Å². The van der Waals surface area contributed by atoms with Crippen LogP contribution in [0.25, 0.3) is 0 Å². The molecule has 0 aliphatic carbocycles. The Labute approximate surface area is 167 Å². The van der Waals surface area contributed by atoms with Gasteiger partial charge in [-0.25, -0.2) is 14.7 Å². The fourth-order valence-corrected chi connectivity index (χ4v) is 3.42. The molecule has 0 unspecified atom stereocenters. The SMILES string of the molecule is Cc1ccc(Oc2ccccc2)c(NC(=O)N2CCC[C@@H](c3n[nH]c(=O)o3)C2)c1. The molecule has 2 N–H and O–H groups in total. The monoisotopic (exact) mass is 394 g/mol. The number of anilines is 1. The van der Waals surface area contributed by atoms with Crippen LogP contribution in [0.4, 0.5) is 10.5 Å². The van der Waals surface area contributed by atoms with E-state index in [2.05, 4.69) is 15.5 Å². The highest BCUT2D eigenvalue weighted by atomic mass is 16.5. The molecule has 1 atom stereocenters. The minimum Gasteiger partial charge on any atom is -0.455 e. The molecule has 29 heavy (non-hydrogen) atoms. The lowest BCUT2D eigenvalue weighted by molar-refractivity contribution is 0.186. The molecule has 1 aliphatic rings. The fourth-order valence-electron chi connectivity index (χ4n) is 3.42. The first-order valence-corrected chi connectivity index (χ1v) is 9.53. The molecule has 0 bridgehead atoms. The number of aryl methyl sites for hydroxylation is 1. The van der Waals surface area contributed by atoms with Crippen molar-refractivity contribution < 1.29 is 13.9 Å². The second kappa shape index (κ2) is 8.22. The number of hydrogen-bond acceptors (Lipinski definition) is 5. The molecule has 8 heteroatoms. The minimum atomic E-state index is -0.580. The van der Waals surface area contributed by atoms with E-state index in [0.717, 1.165) is 18.4 Å². The van der Waals surface area contributed by atoms with Crippen molar-refractivity contribution in [3.05, 3.63) is 70.5 Å². The maximum atomic E-state index is 12.9. The van der Waals surface area contributed by atoms with E-state index in [4.69, 9.17) is 9.15 Å². The number of benzene rings is 2. The topological polar surface area (TPSA) is 100 Å². The fraction of sp³-hybridized carbons (Fsp3) is 0.286. The third kappa shape index (κ3) is 4.48. The molecule has 4 rings (SSSR count). The average molecular weight is 394 g/mol. The molecule has 2 aromatic carbocycles. The van der Waals surface area contributed by atoms with Crippen LogP contribution in [0.15, 0.2) is 57.7 Å². The predicted octanol–water partition coefficient (Wildman–Crippen LogP) is 3.88. The molecule has 2 heterocycles. The summed E-state index contributed by atoms with van der Waals surface area (Å²) >= 11 is 0. The Morgan fingerprint density at radius 2 is 2.10 bits per heavy atom. The normalized spacial score (nSPS) is 16.4. The Bertz CT molecular complexity index is 1040. The summed E-state index contributed by atoms with van der Waals surface area (Å²) in [7, 11) is 0. The Morgan fingerprint density at radius 1 is 1.28 bits per heavy atom. The van der Waals surface area contributed by atoms with Crippen molar-refractivity contribution >= 4 is 11.7 Å². The number of urea groups is 1. The summed E-state index contributed by atoms with van der Waals surface area (Å²) in [5.41, 5.74) is 1.61. The van der Waals surface area contributed by atoms with Gasteiger partial charge in [0.25, 0.3) is 0 Å². The van der Waals surface area contributed by atoms with Gasteiger partial charge >= 0.3 is 11.8 Å². The lowest BCUT2D eigenvalue weighted by Gasteiger charge is -2.31. The molecule has 0 spiro atoms. The Balaban J connectivity index is 1.49. The van der Waals surface area contributed by atoms with Gasteiger partial charge in [0, 0.05) is 13.1 Å². The molecule has 1 fully saturated rings. The molecule has 3 aromatic rings. The van der Waals surface area contributed by atoms with Crippen LogP contribution in [0.2, 0.25) is 0 Å². The summed E-state index contributed by atoms with van der Waals surface area (Å²) in [5, 5.41) is 9.15. The number of nitrogens with one attached hydrogen (secondary N) is 2. The Morgan fingerprint density at radius 3 is 2.86 bits per heavy atom. The van der Waals surface area contributed by atoms with Crippen molar-refractivity contribution in [2.75, 3.05) is 18.4 Å². The Hall–Kier alpha value is -3.55. The van der Waals surface area contributed by atoms with Crippen molar-refractivity contribution in [2.45, 2.75) is 25.7 Å². The van der Waals surface area contributed by atoms with Crippen LogP contribution in [0.1, 0.15) is 30.2 Å². The van der Waals surface area contributed by atoms with Gasteiger partial charge in [-0.3, -0.25) is 0 Å². The molecule has 1 aliphatic heterocycles. The summed E-state index contributed by atoms with van der Waals surface area (Å²) < 4.78 is 11.0. The summed E-state index contributed by atoms with van der Waals surface area (Å²) in [6, 6.07) is 14.8. The molecule has 1 aromatic heterocycles. The highest BCUT2D eigenvalue weighted by molar-refractivity contribution is 5.91. The standard InChI is InChI=1S/C21H22N4O4/c1-14-9-10-18(28-16-7-3-2-4-8-16)17(12-14)22-20(26)25-11-5-6-15(13-25)19-23-24-21(27)29-19/h2-4,7-10,12,15H,5-6,11,13H2,1H3,(H,22,26)(H,24,27)/t15-/m1/s1. The molecule has 2 amide bonds. The quantitative estimate of drug-likeness (QED) is 0.699. The van der Waals surface area contributed by atoms with Crippen LogP contribution < -0.4 is 15.8 Å². The zero-order valence-electron chi connectivity index (χ0n) is 16.1. The maximum Gasteiger partial charge on any atom is 0.434 e. The third-order valence-corrected chi connectivity index (χ3v) is 4.86. The second-order valence-corrected chi connectivity index (χ2v) is 7.08. The zero-order valence-corrected chi connectivity index (χ0v) is 16.1. The van der Waals surface area contributed by atoms with Crippen LogP contribution >= 0.6 is 0 Å². The van der Waals surface area contributed by atoms with Crippen molar-refractivity contribution in [3.8, 4) is 11.5 Å². The molecular weight excluding hydrogens is 372 g/mol. The molecule has 150 valence electrons. The number of aromatic nitrogens is 2. The van der Waals surface area contributed by atoms with Crippen molar-refractivity contribution in [1.82, 2.24) is 15.1 Å². The van der Waals surface area contributed by atoms with E-state index in [-0.39, 0.29) is 11.9 Å². The molecule has 0 radical (unpaired) electrons. The third-order valence-electron chi connectivity index (χ3n) is 4.86. The van der Waals surface area contributed by atoms with Crippen LogP contribution in [0.3, 0.4) is 0 Å². The minimum absolute atomic E-state index is 0.106. The first kappa shape index (κ1) is 18.8. The zero-order chi connectivity index (χ0) is 20.2. The van der Waals surface area contributed by atoms with E-state index in [1.807, 2.05) is 55.5 Å². The van der Waals surface area contributed by atoms with E-state index in [0.29, 0.717) is 36.2 Å². The van der Waals surface area contributed by atoms with E-state index in [1.165, 1.54) is 0 Å². The van der Waals surface area contributed by atoms with Gasteiger partial charge in [-0.2, -0.15) is 0 Å². The summed E-state index contributed by atoms with van der Waals surface area (Å²) in [6.07, 6.45) is 1.61. The first-order chi connectivity index (χ1) is 14.1. The Kier molecular flexibility index (Phi) is 5.33. The van der Waals surface area contributed by atoms with Crippen LogP contribution in [-0.4, -0.2) is 34.2 Å². The number of piperidine rings is 1. The van der Waals surface area contributed by atoms with Crippen molar-refractivity contribution in [3.63, 3.8) is 0 Å². The van der Waals surface area contributed by atoms with E-state index >= 15 is 0 Å². The van der Waals surface area contributed by atoms with E-state index < -0.39 is 5.76 Å². The van der Waals surface area contributed by atoms with Gasteiger partial charge in [-0.1, -0.05) is 24.3 Å². The van der Waals surface area contributed by atoms with Gasteiger partial charge in [0.1, 0.15) is 5.75 Å². The molecule has 1 saturated heterocycles. The number of H-pyrrole nitrogens is 1. The number of nitrogens with zero attached hydrogens (tertiary/aromatic N) is 2. The average Bonchev–Trinajstić information content (AvgIpc) is 3.17. The largest absolute Gasteiger partial charge is 0.455 e. The summed E-state index contributed by atoms with van der Waals surface area (Å²) in [6.45, 7) is 3.01. The van der Waals surface area contributed by atoms with E-state index in [1.54, 1.807) is 4.90 Å². The van der Waals surface area contributed by atoms with Gasteiger partial charge in [0.2, 0.25) is 5.89 Å². The second-order valence-electron chi connectivity index (χ2n) is 7.08. The summed E-state index contributed by atoms with van der Waals surface area (Å²) in [4.78, 5) is 25.8. The van der Waals surface area contributed by atoms with Crippen molar-refractivity contribution in [1.29, 1.82) is 0 Å². The highest BCUT2D eigenvalue weighted by Gasteiger charge is 2.28. The number of carbonyl (C=O) groups is 1. The lowest BCUT2D eigenvalue weighted by Crippen LogP contribution is -2.41. The number of hydrogen-bond donors (Lipinski definition) is 2. The molecule has 8 nitrogen and oxygen atoms in total. The van der Waals surface area contributed by atoms with Gasteiger partial charge < -0.3 is 19.4 Å². The van der Waals surface area contributed by atoms with Gasteiger partial charge in [-0.15, -0.1) is 5.10 Å². The number of aromatic amines is 1. The van der Waals surface area contributed by atoms with Gasteiger partial charge in [-0.05, 0) is 49.6 Å². The highest BCUT2D eigenvalue weighted by Crippen LogP contribution is 2.31. The van der Waals surface area contributed by atoms with Crippen molar-refractivity contribution in [2.24, 2.45) is 0 Å². The number of amides is 2. The number of rotatable bonds is 4. The predicted molar refractivity (Wildman–Crippen MR) is 107 cm³/mol. The number of carbonyl (C=O) groups excluding carboxylic acids is 1. The number of para-hydroxylation sites is 1. The van der Waals surface area contributed by atoms with Crippen LogP contribution in [-0.2, 0) is 0 Å². The molecular formula is C21H22N4O4. The molecule has 0 saturated carbocycles. The maximum absolute atomic E-state index is 12.9. The first-order valence-electron chi connectivity index (χ1n) is 9.53. The number of ether oxygens (including phenoxy) is 1. The summed E-state index contributed by atoms with van der Waals surface area (Å²) in [5.74, 6) is 0.923. The van der Waals surface area contributed by atoms with Crippen LogP contribution in [0.5, 0.6) is 11.5 Å². The number of likely N-dealkylation sites (tertiary alicyclic amines) is 1. The smallest absolute Gasteiger partial charge is 0.434 e. The lowest BCUT2D eigenvalue weighted by atomic mass is 9.98. The van der Waals surface area contributed by atoms with E-state index in [9.17, 15) is 9.59 Å². The van der Waals surface area contributed by atoms with Gasteiger partial charge in [0.15, 0.2) is 5.75 Å².